The highest BCUT2D eigenvalue weighted by Gasteiger charge is 2.41. The van der Waals surface area contributed by atoms with Crippen LogP contribution >= 0.6 is 0 Å². The number of aromatic amines is 1. The highest BCUT2D eigenvalue weighted by atomic mass is 16.5. The molecule has 2 aliphatic rings. The Balaban J connectivity index is 1.31. The number of H-pyrrole nitrogens is 1. The molecule has 1 aromatic carbocycles. The van der Waals surface area contributed by atoms with Crippen LogP contribution in [0.2, 0.25) is 0 Å². The molecule has 0 amide bonds. The predicted molar refractivity (Wildman–Crippen MR) is 118 cm³/mol. The summed E-state index contributed by atoms with van der Waals surface area (Å²) in [4.78, 5) is 21.5. The Morgan fingerprint density at radius 1 is 1.10 bits per heavy atom. The van der Waals surface area contributed by atoms with Crippen LogP contribution in [0.5, 0.6) is 5.88 Å². The largest absolute Gasteiger partial charge is 0.480 e. The van der Waals surface area contributed by atoms with Gasteiger partial charge in [-0.3, -0.25) is 9.97 Å². The molecule has 0 unspecified atom stereocenters. The third kappa shape index (κ3) is 3.18. The lowest BCUT2D eigenvalue weighted by atomic mass is 9.71. The van der Waals surface area contributed by atoms with E-state index >= 15 is 0 Å². The smallest absolute Gasteiger partial charge is 0.228 e. The van der Waals surface area contributed by atoms with Crippen molar-refractivity contribution in [2.24, 2.45) is 5.41 Å². The summed E-state index contributed by atoms with van der Waals surface area (Å²) in [5.41, 5.74) is 4.89. The Morgan fingerprint density at radius 2 is 1.90 bits per heavy atom. The van der Waals surface area contributed by atoms with E-state index < -0.39 is 0 Å². The normalized spacial score (nSPS) is 18.4. The Kier molecular flexibility index (Phi) is 4.27. The lowest BCUT2D eigenvalue weighted by molar-refractivity contribution is -0.131. The van der Waals surface area contributed by atoms with Crippen molar-refractivity contribution in [2.45, 2.75) is 31.7 Å². The molecule has 4 heterocycles. The van der Waals surface area contributed by atoms with Crippen LogP contribution in [-0.4, -0.2) is 51.3 Å². The van der Waals surface area contributed by atoms with E-state index in [1.165, 1.54) is 12.8 Å². The summed E-state index contributed by atoms with van der Waals surface area (Å²) >= 11 is 0. The van der Waals surface area contributed by atoms with Gasteiger partial charge in [-0.05, 0) is 43.4 Å². The van der Waals surface area contributed by atoms with Crippen molar-refractivity contribution < 1.29 is 9.47 Å². The molecule has 1 spiro atoms. The molecule has 1 aliphatic heterocycles. The number of hydrogen-bond donors (Lipinski definition) is 2. The Bertz CT molecular complexity index is 1260. The van der Waals surface area contributed by atoms with E-state index in [1.54, 1.807) is 19.5 Å². The Hall–Kier alpha value is -3.26. The average molecular weight is 416 g/mol. The number of hydrogen-bond acceptors (Lipinski definition) is 7. The van der Waals surface area contributed by atoms with E-state index in [4.69, 9.17) is 14.5 Å². The van der Waals surface area contributed by atoms with Crippen LogP contribution in [-0.2, 0) is 4.74 Å². The zero-order valence-corrected chi connectivity index (χ0v) is 17.4. The molecule has 158 valence electrons. The molecule has 0 atom stereocenters. The fraction of sp³-hybridized carbons (Fsp3) is 0.391. The Morgan fingerprint density at radius 3 is 2.65 bits per heavy atom. The molecule has 3 aromatic heterocycles. The molecule has 0 radical (unpaired) electrons. The fourth-order valence-corrected chi connectivity index (χ4v) is 4.81. The van der Waals surface area contributed by atoms with E-state index in [-0.39, 0.29) is 0 Å². The van der Waals surface area contributed by atoms with Gasteiger partial charge >= 0.3 is 0 Å². The number of benzene rings is 1. The molecule has 8 heteroatoms. The second kappa shape index (κ2) is 7.16. The predicted octanol–water partition coefficient (Wildman–Crippen LogP) is 3.95. The Labute approximate surface area is 179 Å². The summed E-state index contributed by atoms with van der Waals surface area (Å²) in [7, 11) is 1.65. The van der Waals surface area contributed by atoms with Crippen LogP contribution in [0.3, 0.4) is 0 Å². The van der Waals surface area contributed by atoms with E-state index in [2.05, 4.69) is 25.3 Å². The maximum absolute atomic E-state index is 5.67. The van der Waals surface area contributed by atoms with E-state index in [9.17, 15) is 0 Å². The highest BCUT2D eigenvalue weighted by molar-refractivity contribution is 5.99. The zero-order chi connectivity index (χ0) is 20.8. The average Bonchev–Trinajstić information content (AvgIpc) is 3.22. The van der Waals surface area contributed by atoms with E-state index in [0.717, 1.165) is 59.2 Å². The maximum Gasteiger partial charge on any atom is 0.228 e. The second-order valence-corrected chi connectivity index (χ2v) is 8.65. The third-order valence-corrected chi connectivity index (χ3v) is 6.67. The van der Waals surface area contributed by atoms with Crippen molar-refractivity contribution in [3.8, 4) is 17.0 Å². The number of rotatable bonds is 4. The van der Waals surface area contributed by atoms with Crippen LogP contribution in [0, 0.1) is 5.41 Å². The van der Waals surface area contributed by atoms with Crippen molar-refractivity contribution in [3.63, 3.8) is 0 Å². The third-order valence-electron chi connectivity index (χ3n) is 6.67. The lowest BCUT2D eigenvalue weighted by Gasteiger charge is -2.46. The number of methoxy groups -OCH3 is 1. The van der Waals surface area contributed by atoms with Gasteiger partial charge in [-0.25, -0.2) is 0 Å². The minimum Gasteiger partial charge on any atom is -0.480 e. The summed E-state index contributed by atoms with van der Waals surface area (Å²) in [5, 5.41) is 4.39. The zero-order valence-electron chi connectivity index (χ0n) is 17.4. The summed E-state index contributed by atoms with van der Waals surface area (Å²) < 4.78 is 11.1. The van der Waals surface area contributed by atoms with Crippen molar-refractivity contribution in [1.29, 1.82) is 0 Å². The molecule has 8 nitrogen and oxygen atoms in total. The van der Waals surface area contributed by atoms with Gasteiger partial charge < -0.3 is 19.8 Å². The van der Waals surface area contributed by atoms with Gasteiger partial charge in [-0.15, -0.1) is 0 Å². The number of nitrogens with one attached hydrogen (secondary N) is 2. The summed E-state index contributed by atoms with van der Waals surface area (Å²) in [5.74, 6) is 1.16. The van der Waals surface area contributed by atoms with Crippen molar-refractivity contribution in [1.82, 2.24) is 24.9 Å². The van der Waals surface area contributed by atoms with Gasteiger partial charge in [-0.2, -0.15) is 9.97 Å². The van der Waals surface area contributed by atoms with Gasteiger partial charge in [-0.1, -0.05) is 6.07 Å². The number of aromatic nitrogens is 5. The molecule has 1 saturated carbocycles. The van der Waals surface area contributed by atoms with Crippen LogP contribution in [0.1, 0.15) is 25.7 Å². The molecule has 1 saturated heterocycles. The van der Waals surface area contributed by atoms with Crippen LogP contribution in [0.15, 0.2) is 36.8 Å². The quantitative estimate of drug-likeness (QED) is 0.520. The summed E-state index contributed by atoms with van der Waals surface area (Å²) in [6, 6.07) is 6.41. The first-order chi connectivity index (χ1) is 15.2. The van der Waals surface area contributed by atoms with Crippen molar-refractivity contribution in [3.05, 3.63) is 36.8 Å². The molecule has 31 heavy (non-hydrogen) atoms. The van der Waals surface area contributed by atoms with Gasteiger partial charge in [0.05, 0.1) is 36.7 Å². The minimum absolute atomic E-state index is 0.377. The van der Waals surface area contributed by atoms with Gasteiger partial charge in [0.25, 0.3) is 0 Å². The van der Waals surface area contributed by atoms with E-state index in [1.807, 2.05) is 24.4 Å². The number of nitrogens with zero attached hydrogens (tertiary/aromatic N) is 4. The standard InChI is InChI=1S/C23H24N6O2/c1-30-21-19-16(14-2-3-17-18(10-14)25-9-8-24-17)11-26-20(19)28-22(29-21)27-15-4-6-23(7-5-15)12-31-13-23/h2-3,8-11,15H,4-7,12-13H2,1H3,(H2,26,27,28,29). The summed E-state index contributed by atoms with van der Waals surface area (Å²) in [6.45, 7) is 1.84. The first-order valence-corrected chi connectivity index (χ1v) is 10.7. The monoisotopic (exact) mass is 416 g/mol. The summed E-state index contributed by atoms with van der Waals surface area (Å²) in [6.07, 6.45) is 9.97. The topological polar surface area (TPSA) is 97.8 Å². The highest BCUT2D eigenvalue weighted by Crippen LogP contribution is 2.43. The second-order valence-electron chi connectivity index (χ2n) is 8.65. The first kappa shape index (κ1) is 18.5. The molecule has 6 rings (SSSR count). The molecular weight excluding hydrogens is 392 g/mol. The van der Waals surface area contributed by atoms with Crippen molar-refractivity contribution >= 4 is 28.0 Å². The molecule has 2 N–H and O–H groups in total. The van der Waals surface area contributed by atoms with Gasteiger partial charge in [0.15, 0.2) is 0 Å². The first-order valence-electron chi connectivity index (χ1n) is 10.7. The molecule has 1 aliphatic carbocycles. The lowest BCUT2D eigenvalue weighted by Crippen LogP contribution is -2.47. The number of fused-ring (bicyclic) bond motifs is 2. The van der Waals surface area contributed by atoms with E-state index in [0.29, 0.717) is 23.3 Å². The number of anilines is 1. The maximum atomic E-state index is 5.67. The van der Waals surface area contributed by atoms with Crippen LogP contribution < -0.4 is 10.1 Å². The molecule has 2 fully saturated rings. The van der Waals surface area contributed by atoms with Gasteiger partial charge in [0.1, 0.15) is 5.65 Å². The minimum atomic E-state index is 0.377. The van der Waals surface area contributed by atoms with Crippen LogP contribution in [0.25, 0.3) is 33.2 Å². The molecule has 4 aromatic rings. The SMILES string of the molecule is COc1nc(NC2CCC3(CC2)COC3)nc2[nH]cc(-c3ccc4nccnc4c3)c12. The molecular formula is C23H24N6O2. The van der Waals surface area contributed by atoms with Gasteiger partial charge in [0, 0.05) is 35.6 Å². The van der Waals surface area contributed by atoms with Crippen LogP contribution in [0.4, 0.5) is 5.95 Å². The van der Waals surface area contributed by atoms with Crippen molar-refractivity contribution in [2.75, 3.05) is 25.6 Å². The number of ether oxygens (including phenoxy) is 2. The van der Waals surface area contributed by atoms with Gasteiger partial charge in [0.2, 0.25) is 11.8 Å². The molecule has 0 bridgehead atoms. The fourth-order valence-electron chi connectivity index (χ4n) is 4.81.